The van der Waals surface area contributed by atoms with Crippen LogP contribution in [0.4, 0.5) is 8.78 Å². The second kappa shape index (κ2) is 9.01. The molecule has 0 unspecified atom stereocenters. The lowest BCUT2D eigenvalue weighted by molar-refractivity contribution is -0.121. The van der Waals surface area contributed by atoms with Crippen LogP contribution in [0.15, 0.2) is 60.7 Å². The minimum Gasteiger partial charge on any atom is -0.493 e. The van der Waals surface area contributed by atoms with Crippen LogP contribution < -0.4 is 20.3 Å². The highest BCUT2D eigenvalue weighted by molar-refractivity contribution is 5.96. The lowest BCUT2D eigenvalue weighted by atomic mass is 10.0. The van der Waals surface area contributed by atoms with Crippen molar-refractivity contribution >= 4 is 22.6 Å². The molecule has 2 amide bonds. The maximum atomic E-state index is 12.4. The zero-order chi connectivity index (χ0) is 20.8. The first-order valence-electron chi connectivity index (χ1n) is 8.66. The highest BCUT2D eigenvalue weighted by Crippen LogP contribution is 2.29. The third kappa shape index (κ3) is 4.98. The number of alkyl halides is 2. The van der Waals surface area contributed by atoms with Crippen molar-refractivity contribution in [3.8, 4) is 11.5 Å². The molecule has 3 rings (SSSR count). The van der Waals surface area contributed by atoms with Gasteiger partial charge in [-0.05, 0) is 34.5 Å². The topological polar surface area (TPSA) is 76.7 Å². The number of hydrogen-bond acceptors (Lipinski definition) is 4. The summed E-state index contributed by atoms with van der Waals surface area (Å²) >= 11 is 0. The van der Waals surface area contributed by atoms with Crippen molar-refractivity contribution in [2.45, 2.75) is 13.0 Å². The van der Waals surface area contributed by atoms with Crippen molar-refractivity contribution in [3.63, 3.8) is 0 Å². The van der Waals surface area contributed by atoms with E-state index in [1.165, 1.54) is 25.3 Å². The van der Waals surface area contributed by atoms with Gasteiger partial charge in [-0.3, -0.25) is 20.4 Å². The van der Waals surface area contributed by atoms with Crippen LogP contribution in [-0.2, 0) is 11.2 Å². The predicted octanol–water partition coefficient (Wildman–Crippen LogP) is 3.45. The Kier molecular flexibility index (Phi) is 6.23. The molecule has 0 aromatic heterocycles. The fourth-order valence-corrected chi connectivity index (χ4v) is 2.86. The summed E-state index contributed by atoms with van der Waals surface area (Å²) in [5, 5.41) is 1.97. The molecule has 0 spiro atoms. The van der Waals surface area contributed by atoms with Crippen LogP contribution in [0.1, 0.15) is 15.9 Å². The average molecular weight is 400 g/mol. The van der Waals surface area contributed by atoms with Gasteiger partial charge in [-0.15, -0.1) is 0 Å². The largest absolute Gasteiger partial charge is 0.493 e. The Labute approximate surface area is 165 Å². The minimum absolute atomic E-state index is 0.0277. The van der Waals surface area contributed by atoms with E-state index in [4.69, 9.17) is 4.74 Å². The van der Waals surface area contributed by atoms with E-state index in [1.807, 2.05) is 42.5 Å². The minimum atomic E-state index is -3.02. The molecular formula is C21H18F2N2O4. The fraction of sp³-hybridized carbons (Fsp3) is 0.143. The normalized spacial score (nSPS) is 10.6. The standard InChI is InChI=1S/C21H18F2N2O4/c1-28-18-11-15(9-10-17(18)29-21(22)23)20(27)25-24-19(26)12-14-7-4-6-13-5-2-3-8-16(13)14/h2-11,21H,12H2,1H3,(H,24,26)(H,25,27). The van der Waals surface area contributed by atoms with Crippen LogP contribution in [0.5, 0.6) is 11.5 Å². The van der Waals surface area contributed by atoms with Crippen molar-refractivity contribution in [3.05, 3.63) is 71.8 Å². The molecule has 0 saturated carbocycles. The number of hydrogen-bond donors (Lipinski definition) is 2. The van der Waals surface area contributed by atoms with E-state index in [2.05, 4.69) is 15.6 Å². The van der Waals surface area contributed by atoms with Gasteiger partial charge < -0.3 is 9.47 Å². The summed E-state index contributed by atoms with van der Waals surface area (Å²) in [6.45, 7) is -3.02. The number of fused-ring (bicyclic) bond motifs is 1. The molecule has 2 N–H and O–H groups in total. The Bertz CT molecular complexity index is 1030. The van der Waals surface area contributed by atoms with Crippen molar-refractivity contribution < 1.29 is 27.8 Å². The zero-order valence-electron chi connectivity index (χ0n) is 15.4. The molecule has 3 aromatic carbocycles. The summed E-state index contributed by atoms with van der Waals surface area (Å²) in [7, 11) is 1.27. The highest BCUT2D eigenvalue weighted by Gasteiger charge is 2.15. The number of nitrogens with one attached hydrogen (secondary N) is 2. The molecular weight excluding hydrogens is 382 g/mol. The summed E-state index contributed by atoms with van der Waals surface area (Å²) in [6, 6.07) is 17.1. The zero-order valence-corrected chi connectivity index (χ0v) is 15.4. The lowest BCUT2D eigenvalue weighted by Crippen LogP contribution is -2.42. The van der Waals surface area contributed by atoms with E-state index >= 15 is 0 Å². The van der Waals surface area contributed by atoms with Crippen LogP contribution >= 0.6 is 0 Å². The number of benzene rings is 3. The lowest BCUT2D eigenvalue weighted by Gasteiger charge is -2.12. The van der Waals surface area contributed by atoms with Gasteiger partial charge in [-0.25, -0.2) is 0 Å². The second-order valence-electron chi connectivity index (χ2n) is 6.06. The Morgan fingerprint density at radius 2 is 1.72 bits per heavy atom. The van der Waals surface area contributed by atoms with E-state index in [0.717, 1.165) is 16.3 Å². The van der Waals surface area contributed by atoms with E-state index in [0.29, 0.717) is 0 Å². The molecule has 29 heavy (non-hydrogen) atoms. The van der Waals surface area contributed by atoms with Crippen molar-refractivity contribution in [2.24, 2.45) is 0 Å². The maximum absolute atomic E-state index is 12.4. The molecule has 8 heteroatoms. The van der Waals surface area contributed by atoms with Gasteiger partial charge in [-0.2, -0.15) is 8.78 Å². The summed E-state index contributed by atoms with van der Waals surface area (Å²) in [5.41, 5.74) is 5.57. The summed E-state index contributed by atoms with van der Waals surface area (Å²) in [6.07, 6.45) is 0.0755. The number of ether oxygens (including phenoxy) is 2. The molecule has 0 aliphatic rings. The summed E-state index contributed by atoms with van der Waals surface area (Å²) in [5.74, 6) is -1.25. The van der Waals surface area contributed by atoms with Crippen LogP contribution in [0.25, 0.3) is 10.8 Å². The second-order valence-corrected chi connectivity index (χ2v) is 6.06. The molecule has 6 nitrogen and oxygen atoms in total. The van der Waals surface area contributed by atoms with Crippen molar-refractivity contribution in [1.82, 2.24) is 10.9 Å². The SMILES string of the molecule is COc1cc(C(=O)NNC(=O)Cc2cccc3ccccc23)ccc1OC(F)F. The van der Waals surface area contributed by atoms with E-state index in [9.17, 15) is 18.4 Å². The number of amides is 2. The number of methoxy groups -OCH3 is 1. The highest BCUT2D eigenvalue weighted by atomic mass is 19.3. The monoisotopic (exact) mass is 400 g/mol. The van der Waals surface area contributed by atoms with E-state index in [-0.39, 0.29) is 23.5 Å². The number of carbonyl (C=O) groups excluding carboxylic acids is 2. The van der Waals surface area contributed by atoms with Gasteiger partial charge >= 0.3 is 6.61 Å². The van der Waals surface area contributed by atoms with Crippen LogP contribution in [0.3, 0.4) is 0 Å². The van der Waals surface area contributed by atoms with Gasteiger partial charge in [-0.1, -0.05) is 42.5 Å². The molecule has 150 valence electrons. The van der Waals surface area contributed by atoms with Crippen LogP contribution in [0, 0.1) is 0 Å². The smallest absolute Gasteiger partial charge is 0.387 e. The molecule has 0 heterocycles. The molecule has 0 aliphatic heterocycles. The van der Waals surface area contributed by atoms with Crippen molar-refractivity contribution in [1.29, 1.82) is 0 Å². The van der Waals surface area contributed by atoms with Gasteiger partial charge in [0.2, 0.25) is 5.91 Å². The third-order valence-corrected chi connectivity index (χ3v) is 4.19. The van der Waals surface area contributed by atoms with Gasteiger partial charge in [0.15, 0.2) is 11.5 Å². The fourth-order valence-electron chi connectivity index (χ4n) is 2.86. The quantitative estimate of drug-likeness (QED) is 0.622. The van der Waals surface area contributed by atoms with Crippen molar-refractivity contribution in [2.75, 3.05) is 7.11 Å². The molecule has 0 radical (unpaired) electrons. The van der Waals surface area contributed by atoms with Gasteiger partial charge in [0.1, 0.15) is 0 Å². The average Bonchev–Trinajstić information content (AvgIpc) is 2.72. The van der Waals surface area contributed by atoms with Crippen LogP contribution in [0.2, 0.25) is 0 Å². The van der Waals surface area contributed by atoms with Crippen LogP contribution in [-0.4, -0.2) is 25.5 Å². The van der Waals surface area contributed by atoms with Gasteiger partial charge in [0.25, 0.3) is 5.91 Å². The molecule has 0 bridgehead atoms. The summed E-state index contributed by atoms with van der Waals surface area (Å²) < 4.78 is 34.0. The maximum Gasteiger partial charge on any atom is 0.387 e. The molecule has 3 aromatic rings. The first kappa shape index (κ1) is 20.1. The molecule has 0 fully saturated rings. The number of halogens is 2. The van der Waals surface area contributed by atoms with E-state index < -0.39 is 18.4 Å². The Morgan fingerprint density at radius 1 is 0.966 bits per heavy atom. The van der Waals surface area contributed by atoms with Gasteiger partial charge in [0.05, 0.1) is 13.5 Å². The molecule has 0 aliphatic carbocycles. The summed E-state index contributed by atoms with van der Waals surface area (Å²) in [4.78, 5) is 24.5. The Balaban J connectivity index is 1.63. The third-order valence-electron chi connectivity index (χ3n) is 4.19. The van der Waals surface area contributed by atoms with E-state index in [1.54, 1.807) is 0 Å². The number of carbonyl (C=O) groups is 2. The molecule has 0 atom stereocenters. The Morgan fingerprint density at radius 3 is 2.48 bits per heavy atom. The predicted molar refractivity (Wildman–Crippen MR) is 103 cm³/mol. The molecule has 0 saturated heterocycles. The first-order chi connectivity index (χ1) is 14.0. The van der Waals surface area contributed by atoms with Gasteiger partial charge in [0, 0.05) is 5.56 Å². The number of hydrazine groups is 1. The Hall–Kier alpha value is -3.68. The number of rotatable bonds is 6. The first-order valence-corrected chi connectivity index (χ1v) is 8.66.